The van der Waals surface area contributed by atoms with E-state index in [4.69, 9.17) is 0 Å². The van der Waals surface area contributed by atoms with Crippen LogP contribution in [-0.4, -0.2) is 5.11 Å². The van der Waals surface area contributed by atoms with Crippen LogP contribution in [0, 0.1) is 5.41 Å². The molecular weight excluding hydrogens is 354 g/mol. The van der Waals surface area contributed by atoms with Crippen LogP contribution in [-0.2, 0) is 0 Å². The minimum absolute atomic E-state index is 0.255. The second kappa shape index (κ2) is 10.2. The molecule has 1 aromatic rings. The standard InChI is InChI=1S/C27H35NO/c1-20(12-17-26-22(3)11-8-18-27(26,5)6)9-7-10-21(2)19-23(4)28-24-13-15-25(29)16-14-24/h7,9-10,12-17,19,28-29H,4,8,11,18H2,1-3,5-6H3/b10-7+,17-12+,20-9+,21-19+. The molecule has 0 atom stereocenters. The Morgan fingerprint density at radius 3 is 2.45 bits per heavy atom. The number of phenols is 1. The van der Waals surface area contributed by atoms with Gasteiger partial charge in [-0.05, 0) is 86.9 Å². The second-order valence-corrected chi connectivity index (χ2v) is 8.62. The Bertz CT molecular complexity index is 874. The van der Waals surface area contributed by atoms with Crippen molar-refractivity contribution in [2.75, 3.05) is 5.32 Å². The van der Waals surface area contributed by atoms with Gasteiger partial charge >= 0.3 is 0 Å². The lowest BCUT2D eigenvalue weighted by atomic mass is 9.72. The number of benzene rings is 1. The zero-order valence-electron chi connectivity index (χ0n) is 18.5. The third-order valence-electron chi connectivity index (χ3n) is 5.35. The maximum Gasteiger partial charge on any atom is 0.115 e. The third-order valence-corrected chi connectivity index (χ3v) is 5.35. The summed E-state index contributed by atoms with van der Waals surface area (Å²) in [6.45, 7) is 15.2. The summed E-state index contributed by atoms with van der Waals surface area (Å²) in [5, 5.41) is 12.6. The molecule has 2 heteroatoms. The highest BCUT2D eigenvalue weighted by molar-refractivity contribution is 5.52. The first-order valence-corrected chi connectivity index (χ1v) is 10.3. The van der Waals surface area contributed by atoms with Crippen LogP contribution in [0.25, 0.3) is 0 Å². The van der Waals surface area contributed by atoms with Crippen molar-refractivity contribution < 1.29 is 5.11 Å². The second-order valence-electron chi connectivity index (χ2n) is 8.62. The molecule has 0 spiro atoms. The van der Waals surface area contributed by atoms with E-state index in [1.54, 1.807) is 12.1 Å². The van der Waals surface area contributed by atoms with Crippen LogP contribution >= 0.6 is 0 Å². The Morgan fingerprint density at radius 1 is 1.10 bits per heavy atom. The molecule has 0 fully saturated rings. The molecule has 0 aliphatic heterocycles. The number of phenolic OH excluding ortho intramolecular Hbond substituents is 1. The fourth-order valence-corrected chi connectivity index (χ4v) is 3.72. The molecule has 29 heavy (non-hydrogen) atoms. The Morgan fingerprint density at radius 2 is 1.79 bits per heavy atom. The highest BCUT2D eigenvalue weighted by Gasteiger charge is 2.26. The van der Waals surface area contributed by atoms with Gasteiger partial charge in [-0.2, -0.15) is 0 Å². The monoisotopic (exact) mass is 389 g/mol. The number of anilines is 1. The van der Waals surface area contributed by atoms with Gasteiger partial charge in [0.2, 0.25) is 0 Å². The Hall–Kier alpha value is -2.74. The van der Waals surface area contributed by atoms with Crippen LogP contribution in [0.1, 0.15) is 53.9 Å². The fourth-order valence-electron chi connectivity index (χ4n) is 3.72. The van der Waals surface area contributed by atoms with Crippen LogP contribution in [0.3, 0.4) is 0 Å². The van der Waals surface area contributed by atoms with Crippen LogP contribution in [0.5, 0.6) is 5.75 Å². The molecule has 0 aromatic heterocycles. The van der Waals surface area contributed by atoms with E-state index < -0.39 is 0 Å². The molecule has 2 nitrogen and oxygen atoms in total. The van der Waals surface area contributed by atoms with Gasteiger partial charge in [0.25, 0.3) is 0 Å². The molecule has 0 heterocycles. The predicted molar refractivity (Wildman–Crippen MR) is 127 cm³/mol. The molecule has 0 radical (unpaired) electrons. The summed E-state index contributed by atoms with van der Waals surface area (Å²) in [6.07, 6.45) is 16.6. The number of hydrogen-bond donors (Lipinski definition) is 2. The summed E-state index contributed by atoms with van der Waals surface area (Å²) in [4.78, 5) is 0. The molecule has 1 aromatic carbocycles. The quantitative estimate of drug-likeness (QED) is 0.367. The van der Waals surface area contributed by atoms with Gasteiger partial charge < -0.3 is 10.4 Å². The number of aromatic hydroxyl groups is 1. The topological polar surface area (TPSA) is 32.3 Å². The first kappa shape index (κ1) is 22.5. The zero-order chi connectivity index (χ0) is 21.4. The fraction of sp³-hybridized carbons (Fsp3) is 0.333. The molecule has 0 bridgehead atoms. The molecular formula is C27H35NO. The van der Waals surface area contributed by atoms with Crippen LogP contribution in [0.2, 0.25) is 0 Å². The average molecular weight is 390 g/mol. The normalized spacial score (nSPS) is 18.0. The molecule has 1 aliphatic rings. The number of rotatable bonds is 7. The van der Waals surface area contributed by atoms with Crippen molar-refractivity contribution >= 4 is 5.69 Å². The molecule has 0 saturated carbocycles. The Balaban J connectivity index is 1.95. The lowest BCUT2D eigenvalue weighted by Crippen LogP contribution is -2.19. The molecule has 0 amide bonds. The van der Waals surface area contributed by atoms with Gasteiger partial charge in [-0.15, -0.1) is 0 Å². The van der Waals surface area contributed by atoms with E-state index in [1.807, 2.05) is 18.2 Å². The summed E-state index contributed by atoms with van der Waals surface area (Å²) >= 11 is 0. The average Bonchev–Trinajstić information content (AvgIpc) is 2.62. The van der Waals surface area contributed by atoms with Gasteiger partial charge in [0.15, 0.2) is 0 Å². The van der Waals surface area contributed by atoms with Gasteiger partial charge in [-0.3, -0.25) is 0 Å². The van der Waals surface area contributed by atoms with E-state index >= 15 is 0 Å². The molecule has 0 saturated heterocycles. The van der Waals surface area contributed by atoms with Gasteiger partial charge in [-0.1, -0.05) is 62.0 Å². The summed E-state index contributed by atoms with van der Waals surface area (Å²) < 4.78 is 0. The van der Waals surface area contributed by atoms with Gasteiger partial charge in [0.1, 0.15) is 5.75 Å². The highest BCUT2D eigenvalue weighted by atomic mass is 16.3. The van der Waals surface area contributed by atoms with E-state index in [1.165, 1.54) is 36.0 Å². The molecule has 0 unspecified atom stereocenters. The molecule has 2 N–H and O–H groups in total. The van der Waals surface area contributed by atoms with Crippen LogP contribution in [0.4, 0.5) is 5.69 Å². The van der Waals surface area contributed by atoms with Gasteiger partial charge in [-0.25, -0.2) is 0 Å². The third kappa shape index (κ3) is 7.30. The van der Waals surface area contributed by atoms with Crippen molar-refractivity contribution in [3.8, 4) is 5.75 Å². The lowest BCUT2D eigenvalue weighted by molar-refractivity contribution is 0.377. The number of nitrogens with one attached hydrogen (secondary N) is 1. The summed E-state index contributed by atoms with van der Waals surface area (Å²) in [5.41, 5.74) is 7.35. The zero-order valence-corrected chi connectivity index (χ0v) is 18.5. The molecule has 1 aliphatic carbocycles. The van der Waals surface area contributed by atoms with E-state index in [9.17, 15) is 5.11 Å². The smallest absolute Gasteiger partial charge is 0.115 e. The number of allylic oxidation sites excluding steroid dienone is 10. The minimum atomic E-state index is 0.255. The van der Waals surface area contributed by atoms with E-state index in [0.29, 0.717) is 0 Å². The van der Waals surface area contributed by atoms with Crippen LogP contribution in [0.15, 0.2) is 95.3 Å². The number of hydrogen-bond acceptors (Lipinski definition) is 2. The lowest BCUT2D eigenvalue weighted by Gasteiger charge is -2.32. The van der Waals surface area contributed by atoms with E-state index in [0.717, 1.165) is 17.0 Å². The highest BCUT2D eigenvalue weighted by Crippen LogP contribution is 2.40. The van der Waals surface area contributed by atoms with Gasteiger partial charge in [0.05, 0.1) is 0 Å². The summed E-state index contributed by atoms with van der Waals surface area (Å²) in [5.74, 6) is 0.255. The van der Waals surface area contributed by atoms with E-state index in [-0.39, 0.29) is 11.2 Å². The first-order chi connectivity index (χ1) is 13.7. The van der Waals surface area contributed by atoms with Crippen molar-refractivity contribution in [3.63, 3.8) is 0 Å². The molecule has 154 valence electrons. The van der Waals surface area contributed by atoms with Crippen molar-refractivity contribution in [1.82, 2.24) is 0 Å². The maximum atomic E-state index is 9.34. The minimum Gasteiger partial charge on any atom is -0.508 e. The van der Waals surface area contributed by atoms with Crippen molar-refractivity contribution in [1.29, 1.82) is 0 Å². The van der Waals surface area contributed by atoms with Gasteiger partial charge in [0, 0.05) is 11.4 Å². The Labute approximate surface area is 176 Å². The van der Waals surface area contributed by atoms with Crippen molar-refractivity contribution in [3.05, 3.63) is 95.3 Å². The molecule has 2 rings (SSSR count). The van der Waals surface area contributed by atoms with Crippen molar-refractivity contribution in [2.24, 2.45) is 5.41 Å². The SMILES string of the molecule is C=C(/C=C(C)/C=C/C=C(C)/C=C/C1=C(C)CCCC1(C)C)Nc1ccc(O)cc1. The largest absolute Gasteiger partial charge is 0.508 e. The predicted octanol–water partition coefficient (Wildman–Crippen LogP) is 7.85. The summed E-state index contributed by atoms with van der Waals surface area (Å²) in [6, 6.07) is 6.95. The Kier molecular flexibility index (Phi) is 7.90. The van der Waals surface area contributed by atoms with Crippen LogP contribution < -0.4 is 5.32 Å². The maximum absolute atomic E-state index is 9.34. The van der Waals surface area contributed by atoms with Crippen molar-refractivity contribution in [2.45, 2.75) is 53.9 Å². The first-order valence-electron chi connectivity index (χ1n) is 10.3. The van der Waals surface area contributed by atoms with E-state index in [2.05, 4.69) is 76.9 Å². The summed E-state index contributed by atoms with van der Waals surface area (Å²) in [7, 11) is 0.